The van der Waals surface area contributed by atoms with Crippen molar-refractivity contribution in [3.63, 3.8) is 0 Å². The van der Waals surface area contributed by atoms with Crippen molar-refractivity contribution in [2.24, 2.45) is 0 Å². The third-order valence-corrected chi connectivity index (χ3v) is 11.1. The molecule has 0 saturated carbocycles. The molecular formula is C28H36N2O4Si. The van der Waals surface area contributed by atoms with E-state index in [9.17, 15) is 9.90 Å². The fourth-order valence-corrected chi connectivity index (χ4v) is 4.75. The van der Waals surface area contributed by atoms with E-state index in [0.29, 0.717) is 30.0 Å². The van der Waals surface area contributed by atoms with E-state index in [1.165, 1.54) is 0 Å². The lowest BCUT2D eigenvalue weighted by Crippen LogP contribution is -2.44. The summed E-state index contributed by atoms with van der Waals surface area (Å²) in [6.45, 7) is 13.5. The minimum atomic E-state index is -2.13. The van der Waals surface area contributed by atoms with Gasteiger partial charge in [-0.1, -0.05) is 39.8 Å². The second-order valence-electron chi connectivity index (χ2n) is 10.1. The number of aromatic nitrogens is 1. The van der Waals surface area contributed by atoms with Gasteiger partial charge in [0.2, 0.25) is 0 Å². The molecule has 3 rings (SSSR count). The molecule has 0 aliphatic carbocycles. The van der Waals surface area contributed by atoms with E-state index in [0.717, 1.165) is 22.5 Å². The molecule has 7 heteroatoms. The summed E-state index contributed by atoms with van der Waals surface area (Å²) >= 11 is 0. The van der Waals surface area contributed by atoms with Gasteiger partial charge in [0, 0.05) is 36.4 Å². The number of methoxy groups -OCH3 is 1. The highest BCUT2D eigenvalue weighted by molar-refractivity contribution is 6.74. The number of hydrogen-bond donors (Lipinski definition) is 1. The molecule has 2 aromatic carbocycles. The molecule has 0 amide bonds. The third-order valence-electron chi connectivity index (χ3n) is 6.72. The van der Waals surface area contributed by atoms with E-state index < -0.39 is 14.3 Å². The molecule has 0 atom stereocenters. The van der Waals surface area contributed by atoms with Crippen LogP contribution in [0.4, 0.5) is 11.4 Å². The molecule has 0 radical (unpaired) electrons. The first kappa shape index (κ1) is 26.3. The van der Waals surface area contributed by atoms with E-state index in [1.54, 1.807) is 25.4 Å². The van der Waals surface area contributed by atoms with Crippen LogP contribution >= 0.6 is 0 Å². The second kappa shape index (κ2) is 10.5. The van der Waals surface area contributed by atoms with Crippen LogP contribution in [0.1, 0.15) is 49.2 Å². The molecule has 0 saturated heterocycles. The largest absolute Gasteiger partial charge is 0.541 e. The van der Waals surface area contributed by atoms with E-state index in [4.69, 9.17) is 9.16 Å². The number of anilines is 2. The topological polar surface area (TPSA) is 71.9 Å². The number of hydrogen-bond acceptors (Lipinski definition) is 5. The number of carbonyl (C=O) groups is 1. The monoisotopic (exact) mass is 492 g/mol. The van der Waals surface area contributed by atoms with E-state index in [-0.39, 0.29) is 5.04 Å². The molecule has 6 nitrogen and oxygen atoms in total. The maximum atomic E-state index is 12.0. The van der Waals surface area contributed by atoms with Crippen LogP contribution in [0.2, 0.25) is 18.1 Å². The highest BCUT2D eigenvalue weighted by atomic mass is 28.4. The summed E-state index contributed by atoms with van der Waals surface area (Å²) < 4.78 is 12.3. The molecule has 3 aromatic rings. The summed E-state index contributed by atoms with van der Waals surface area (Å²) in [5, 5.41) is 9.84. The van der Waals surface area contributed by atoms with Gasteiger partial charge < -0.3 is 19.2 Å². The van der Waals surface area contributed by atoms with Gasteiger partial charge in [-0.3, -0.25) is 4.98 Å². The summed E-state index contributed by atoms with van der Waals surface area (Å²) in [6.07, 6.45) is 4.16. The van der Waals surface area contributed by atoms with Crippen molar-refractivity contribution in [3.8, 4) is 11.5 Å². The Balaban J connectivity index is 2.18. The van der Waals surface area contributed by atoms with Gasteiger partial charge in [0.25, 0.3) is 8.32 Å². The van der Waals surface area contributed by atoms with E-state index >= 15 is 0 Å². The first-order valence-electron chi connectivity index (χ1n) is 11.9. The third kappa shape index (κ3) is 5.85. The summed E-state index contributed by atoms with van der Waals surface area (Å²) in [4.78, 5) is 18.4. The number of carboxylic acid groups (broad SMARTS) is 1. The molecule has 1 aromatic heterocycles. The van der Waals surface area contributed by atoms with Crippen LogP contribution in [0.25, 0.3) is 0 Å². The number of ether oxygens (including phenoxy) is 1. The zero-order valence-electron chi connectivity index (χ0n) is 21.8. The Morgan fingerprint density at radius 1 is 1.09 bits per heavy atom. The number of pyridine rings is 1. The lowest BCUT2D eigenvalue weighted by atomic mass is 10.0. The van der Waals surface area contributed by atoms with Crippen LogP contribution in [0.3, 0.4) is 0 Å². The highest BCUT2D eigenvalue weighted by Gasteiger charge is 2.39. The molecule has 0 aliphatic heterocycles. The number of rotatable bonds is 9. The molecule has 0 aliphatic rings. The van der Waals surface area contributed by atoms with Gasteiger partial charge in [0.05, 0.1) is 12.7 Å². The number of nitrogens with zero attached hydrogens (tertiary/aromatic N) is 2. The van der Waals surface area contributed by atoms with Gasteiger partial charge in [-0.15, -0.1) is 0 Å². The average molecular weight is 493 g/mol. The maximum Gasteiger partial charge on any atom is 0.336 e. The Labute approximate surface area is 209 Å². The van der Waals surface area contributed by atoms with Crippen LogP contribution < -0.4 is 14.1 Å². The summed E-state index contributed by atoms with van der Waals surface area (Å²) in [5.74, 6) is 0.442. The molecule has 1 N–H and O–H groups in total. The Morgan fingerprint density at radius 2 is 1.83 bits per heavy atom. The summed E-state index contributed by atoms with van der Waals surface area (Å²) in [6, 6.07) is 15.3. The van der Waals surface area contributed by atoms with Crippen LogP contribution in [0.5, 0.6) is 11.5 Å². The van der Waals surface area contributed by atoms with Crippen molar-refractivity contribution in [1.82, 2.24) is 4.98 Å². The summed E-state index contributed by atoms with van der Waals surface area (Å²) in [7, 11) is -0.487. The van der Waals surface area contributed by atoms with Gasteiger partial charge in [-0.05, 0) is 66.0 Å². The summed E-state index contributed by atoms with van der Waals surface area (Å²) in [5.41, 5.74) is 3.84. The molecule has 1 heterocycles. The van der Waals surface area contributed by atoms with Gasteiger partial charge in [-0.25, -0.2) is 4.79 Å². The Hall–Kier alpha value is -3.32. The fraction of sp³-hybridized carbons (Fsp3) is 0.357. The van der Waals surface area contributed by atoms with Crippen LogP contribution in [0.15, 0.2) is 60.9 Å². The minimum absolute atomic E-state index is 0.0224. The Bertz CT molecular complexity index is 1170. The van der Waals surface area contributed by atoms with Crippen molar-refractivity contribution < 1.29 is 19.1 Å². The lowest BCUT2D eigenvalue weighted by Gasteiger charge is -2.37. The van der Waals surface area contributed by atoms with Crippen molar-refractivity contribution in [2.45, 2.75) is 58.8 Å². The van der Waals surface area contributed by atoms with Crippen LogP contribution in [-0.4, -0.2) is 31.5 Å². The van der Waals surface area contributed by atoms with Gasteiger partial charge >= 0.3 is 5.97 Å². The number of benzene rings is 2. The molecule has 0 unspecified atom stereocenters. The van der Waals surface area contributed by atoms with Gasteiger partial charge in [0.1, 0.15) is 5.75 Å². The predicted octanol–water partition coefficient (Wildman–Crippen LogP) is 7.07. The van der Waals surface area contributed by atoms with Gasteiger partial charge in [-0.2, -0.15) is 0 Å². The second-order valence-corrected chi connectivity index (χ2v) is 14.8. The molecular weight excluding hydrogens is 456 g/mol. The SMILES string of the molecule is CCc1c(C(=O)O)cccc1N(Cc1cccnc1)c1ccc(OC)c(O[Si](C)(C)C(C)(C)C)c1. The fourth-order valence-electron chi connectivity index (χ4n) is 3.73. The highest BCUT2D eigenvalue weighted by Crippen LogP contribution is 2.43. The lowest BCUT2D eigenvalue weighted by molar-refractivity contribution is 0.0695. The van der Waals surface area contributed by atoms with Crippen LogP contribution in [-0.2, 0) is 13.0 Å². The van der Waals surface area contributed by atoms with E-state index in [2.05, 4.69) is 43.7 Å². The van der Waals surface area contributed by atoms with Crippen molar-refractivity contribution >= 4 is 25.7 Å². The minimum Gasteiger partial charge on any atom is -0.541 e. The first-order valence-corrected chi connectivity index (χ1v) is 14.8. The number of carboxylic acids is 1. The zero-order valence-corrected chi connectivity index (χ0v) is 22.8. The zero-order chi connectivity index (χ0) is 25.8. The normalized spacial score (nSPS) is 11.7. The molecule has 186 valence electrons. The Kier molecular flexibility index (Phi) is 7.90. The molecule has 35 heavy (non-hydrogen) atoms. The van der Waals surface area contributed by atoms with Crippen LogP contribution in [0, 0.1) is 0 Å². The quantitative estimate of drug-likeness (QED) is 0.322. The van der Waals surface area contributed by atoms with Crippen molar-refractivity contribution in [1.29, 1.82) is 0 Å². The molecule has 0 bridgehead atoms. The average Bonchev–Trinajstić information content (AvgIpc) is 2.81. The molecule has 0 spiro atoms. The maximum absolute atomic E-state index is 12.0. The first-order chi connectivity index (χ1) is 16.5. The standard InChI is InChI=1S/C28H36N2O4Si/c1-8-22-23(27(31)32)12-9-13-24(22)30(19-20-11-10-16-29-18-20)21-14-15-25(33-5)26(17-21)34-35(6,7)28(2,3)4/h9-18H,8,19H2,1-7H3,(H,31,32). The van der Waals surface area contributed by atoms with Crippen molar-refractivity contribution in [2.75, 3.05) is 12.0 Å². The predicted molar refractivity (Wildman–Crippen MR) is 144 cm³/mol. The smallest absolute Gasteiger partial charge is 0.336 e. The number of aromatic carboxylic acids is 1. The van der Waals surface area contributed by atoms with Gasteiger partial charge in [0.15, 0.2) is 5.75 Å². The molecule has 0 fully saturated rings. The van der Waals surface area contributed by atoms with E-state index in [1.807, 2.05) is 49.5 Å². The van der Waals surface area contributed by atoms with Crippen molar-refractivity contribution in [3.05, 3.63) is 77.6 Å². The Morgan fingerprint density at radius 3 is 2.40 bits per heavy atom.